The smallest absolute Gasteiger partial charge is 0.0695 e. The van der Waals surface area contributed by atoms with E-state index < -0.39 is 0 Å². The molecule has 20 heavy (non-hydrogen) atoms. The number of rotatable bonds is 9. The molecule has 0 aromatic heterocycles. The summed E-state index contributed by atoms with van der Waals surface area (Å²) >= 11 is 0. The molecule has 1 rings (SSSR count). The second-order valence-corrected chi connectivity index (χ2v) is 6.72. The van der Waals surface area contributed by atoms with Crippen LogP contribution in [-0.2, 0) is 0 Å². The summed E-state index contributed by atoms with van der Waals surface area (Å²) in [5.74, 6) is 0. The van der Waals surface area contributed by atoms with Crippen molar-refractivity contribution in [3.63, 3.8) is 0 Å². The third-order valence-corrected chi connectivity index (χ3v) is 5.27. The van der Waals surface area contributed by atoms with E-state index in [-0.39, 0.29) is 6.10 Å². The maximum atomic E-state index is 10.2. The van der Waals surface area contributed by atoms with Crippen LogP contribution in [0.3, 0.4) is 0 Å². The molecule has 1 fully saturated rings. The van der Waals surface area contributed by atoms with E-state index in [4.69, 9.17) is 0 Å². The quantitative estimate of drug-likeness (QED) is 0.639. The minimum atomic E-state index is -0.122. The van der Waals surface area contributed by atoms with Crippen LogP contribution in [0.15, 0.2) is 0 Å². The Morgan fingerprint density at radius 2 is 1.80 bits per heavy atom. The van der Waals surface area contributed by atoms with E-state index in [1.807, 2.05) is 0 Å². The summed E-state index contributed by atoms with van der Waals surface area (Å²) in [5.41, 5.74) is 0.348. The topological polar surface area (TPSA) is 35.5 Å². The number of hydrogen-bond donors (Lipinski definition) is 2. The SMILES string of the molecule is CCCNCC(CC)(CC)CN(C)C1CCCCC1O. The lowest BCUT2D eigenvalue weighted by molar-refractivity contribution is 0.0102. The first kappa shape index (κ1) is 17.9. The molecule has 0 aromatic carbocycles. The van der Waals surface area contributed by atoms with Crippen molar-refractivity contribution in [2.75, 3.05) is 26.7 Å². The van der Waals surface area contributed by atoms with Crippen molar-refractivity contribution in [3.05, 3.63) is 0 Å². The van der Waals surface area contributed by atoms with E-state index in [1.54, 1.807) is 0 Å². The van der Waals surface area contributed by atoms with Crippen molar-refractivity contribution in [2.24, 2.45) is 5.41 Å². The fourth-order valence-corrected chi connectivity index (χ4v) is 3.56. The van der Waals surface area contributed by atoms with Gasteiger partial charge in [-0.05, 0) is 51.1 Å². The van der Waals surface area contributed by atoms with E-state index in [2.05, 4.69) is 38.0 Å². The first-order valence-corrected chi connectivity index (χ1v) is 8.67. The Hall–Kier alpha value is -0.120. The van der Waals surface area contributed by atoms with Crippen LogP contribution in [0.4, 0.5) is 0 Å². The molecule has 3 nitrogen and oxygen atoms in total. The van der Waals surface area contributed by atoms with Gasteiger partial charge in [0.1, 0.15) is 0 Å². The van der Waals surface area contributed by atoms with Crippen molar-refractivity contribution in [2.45, 2.75) is 77.9 Å². The first-order chi connectivity index (χ1) is 9.58. The predicted octanol–water partition coefficient (Wildman–Crippen LogP) is 3.03. The fraction of sp³-hybridized carbons (Fsp3) is 1.00. The largest absolute Gasteiger partial charge is 0.391 e. The Labute approximate surface area is 126 Å². The molecule has 0 radical (unpaired) electrons. The zero-order valence-electron chi connectivity index (χ0n) is 14.1. The van der Waals surface area contributed by atoms with Crippen LogP contribution in [0.2, 0.25) is 0 Å². The number of nitrogens with zero attached hydrogens (tertiary/aromatic N) is 1. The molecule has 0 heterocycles. The molecule has 0 aliphatic heterocycles. The maximum Gasteiger partial charge on any atom is 0.0695 e. The number of likely N-dealkylation sites (N-methyl/N-ethyl adjacent to an activating group) is 1. The number of hydrogen-bond acceptors (Lipinski definition) is 3. The van der Waals surface area contributed by atoms with Gasteiger partial charge in [0.05, 0.1) is 6.10 Å². The molecule has 2 unspecified atom stereocenters. The van der Waals surface area contributed by atoms with E-state index >= 15 is 0 Å². The molecular weight excluding hydrogens is 248 g/mol. The summed E-state index contributed by atoms with van der Waals surface area (Å²) in [6, 6.07) is 0.368. The monoisotopic (exact) mass is 284 g/mol. The first-order valence-electron chi connectivity index (χ1n) is 8.67. The minimum Gasteiger partial charge on any atom is -0.391 e. The zero-order chi connectivity index (χ0) is 15.0. The van der Waals surface area contributed by atoms with Gasteiger partial charge in [0.25, 0.3) is 0 Å². The van der Waals surface area contributed by atoms with Gasteiger partial charge in [-0.15, -0.1) is 0 Å². The van der Waals surface area contributed by atoms with E-state index in [0.717, 1.165) is 32.5 Å². The minimum absolute atomic E-state index is 0.122. The molecule has 2 N–H and O–H groups in total. The molecule has 120 valence electrons. The molecule has 3 heteroatoms. The van der Waals surface area contributed by atoms with Crippen LogP contribution in [-0.4, -0.2) is 48.8 Å². The Balaban J connectivity index is 2.58. The van der Waals surface area contributed by atoms with Gasteiger partial charge >= 0.3 is 0 Å². The second-order valence-electron chi connectivity index (χ2n) is 6.72. The van der Waals surface area contributed by atoms with Gasteiger partial charge < -0.3 is 15.3 Å². The highest BCUT2D eigenvalue weighted by Crippen LogP contribution is 2.30. The third kappa shape index (κ3) is 5.01. The number of nitrogens with one attached hydrogen (secondary N) is 1. The van der Waals surface area contributed by atoms with Crippen molar-refractivity contribution < 1.29 is 5.11 Å². The average molecular weight is 284 g/mol. The number of aliphatic hydroxyl groups excluding tert-OH is 1. The lowest BCUT2D eigenvalue weighted by atomic mass is 9.80. The summed E-state index contributed by atoms with van der Waals surface area (Å²) < 4.78 is 0. The summed E-state index contributed by atoms with van der Waals surface area (Å²) in [4.78, 5) is 2.43. The van der Waals surface area contributed by atoms with Crippen LogP contribution in [0.5, 0.6) is 0 Å². The summed E-state index contributed by atoms with van der Waals surface area (Å²) in [5, 5.41) is 13.8. The Morgan fingerprint density at radius 3 is 2.35 bits per heavy atom. The van der Waals surface area contributed by atoms with Crippen LogP contribution in [0.25, 0.3) is 0 Å². The van der Waals surface area contributed by atoms with Gasteiger partial charge in [0.2, 0.25) is 0 Å². The molecule has 0 aromatic rings. The fourth-order valence-electron chi connectivity index (χ4n) is 3.56. The van der Waals surface area contributed by atoms with Crippen LogP contribution in [0.1, 0.15) is 65.7 Å². The van der Waals surface area contributed by atoms with Crippen molar-refractivity contribution in [3.8, 4) is 0 Å². The lowest BCUT2D eigenvalue weighted by Crippen LogP contribution is -2.50. The molecule has 1 aliphatic rings. The van der Waals surface area contributed by atoms with Crippen molar-refractivity contribution in [1.29, 1.82) is 0 Å². The molecule has 1 saturated carbocycles. The van der Waals surface area contributed by atoms with Gasteiger partial charge in [-0.3, -0.25) is 0 Å². The van der Waals surface area contributed by atoms with E-state index in [9.17, 15) is 5.11 Å². The standard InChI is InChI=1S/C17H36N2O/c1-5-12-18-13-17(6-2,7-3)14-19(4)15-10-8-9-11-16(15)20/h15-16,18,20H,5-14H2,1-4H3. The molecule has 0 saturated heterocycles. The van der Waals surface area contributed by atoms with Crippen molar-refractivity contribution in [1.82, 2.24) is 10.2 Å². The van der Waals surface area contributed by atoms with Gasteiger partial charge in [0, 0.05) is 19.1 Å². The molecule has 2 atom stereocenters. The summed E-state index contributed by atoms with van der Waals surface area (Å²) in [6.07, 6.45) is 8.07. The second kappa shape index (κ2) is 9.01. The Kier molecular flexibility index (Phi) is 8.08. The maximum absolute atomic E-state index is 10.2. The lowest BCUT2D eigenvalue weighted by Gasteiger charge is -2.42. The highest BCUT2D eigenvalue weighted by atomic mass is 16.3. The van der Waals surface area contributed by atoms with E-state index in [1.165, 1.54) is 32.1 Å². The molecule has 0 spiro atoms. The summed E-state index contributed by atoms with van der Waals surface area (Å²) in [7, 11) is 2.21. The average Bonchev–Trinajstić information content (AvgIpc) is 2.46. The predicted molar refractivity (Wildman–Crippen MR) is 87.1 cm³/mol. The molecule has 0 bridgehead atoms. The van der Waals surface area contributed by atoms with Gasteiger partial charge in [-0.2, -0.15) is 0 Å². The molecule has 0 amide bonds. The Morgan fingerprint density at radius 1 is 1.15 bits per heavy atom. The van der Waals surface area contributed by atoms with Crippen LogP contribution < -0.4 is 5.32 Å². The van der Waals surface area contributed by atoms with Crippen LogP contribution >= 0.6 is 0 Å². The van der Waals surface area contributed by atoms with Gasteiger partial charge in [0.15, 0.2) is 0 Å². The molecular formula is C17H36N2O. The highest BCUT2D eigenvalue weighted by molar-refractivity contribution is 4.88. The zero-order valence-corrected chi connectivity index (χ0v) is 14.1. The third-order valence-electron chi connectivity index (χ3n) is 5.27. The van der Waals surface area contributed by atoms with Crippen molar-refractivity contribution >= 4 is 0 Å². The van der Waals surface area contributed by atoms with Crippen LogP contribution in [0, 0.1) is 5.41 Å². The van der Waals surface area contributed by atoms with E-state index in [0.29, 0.717) is 11.5 Å². The van der Waals surface area contributed by atoms with Gasteiger partial charge in [-0.25, -0.2) is 0 Å². The molecule has 1 aliphatic carbocycles. The summed E-state index contributed by atoms with van der Waals surface area (Å²) in [6.45, 7) is 10.1. The Bertz CT molecular complexity index is 253. The number of aliphatic hydroxyl groups is 1. The highest BCUT2D eigenvalue weighted by Gasteiger charge is 2.33. The van der Waals surface area contributed by atoms with Gasteiger partial charge in [-0.1, -0.05) is 33.6 Å². The normalized spacial score (nSPS) is 24.3.